The first-order valence-electron chi connectivity index (χ1n) is 13.7. The van der Waals surface area contributed by atoms with Gasteiger partial charge in [-0.2, -0.15) is 13.2 Å². The number of hydrogen-bond donors (Lipinski definition) is 4. The zero-order chi connectivity index (χ0) is 32.8. The Balaban J connectivity index is 1.51. The maximum absolute atomic E-state index is 12.6. The maximum atomic E-state index is 12.6. The fourth-order valence-corrected chi connectivity index (χ4v) is 4.04. The van der Waals surface area contributed by atoms with E-state index in [0.29, 0.717) is 17.0 Å². The summed E-state index contributed by atoms with van der Waals surface area (Å²) in [6, 6.07) is 20.9. The number of anilines is 1. The van der Waals surface area contributed by atoms with Crippen LogP contribution in [0.3, 0.4) is 0 Å². The van der Waals surface area contributed by atoms with Crippen LogP contribution in [0.1, 0.15) is 30.9 Å². The molecule has 0 spiro atoms. The molecule has 4 amide bonds. The van der Waals surface area contributed by atoms with E-state index < -0.39 is 55.0 Å². The summed E-state index contributed by atoms with van der Waals surface area (Å²) in [4.78, 5) is 60.2. The second-order valence-corrected chi connectivity index (χ2v) is 9.53. The minimum absolute atomic E-state index is 0.0293. The van der Waals surface area contributed by atoms with Gasteiger partial charge in [0.2, 0.25) is 11.8 Å². The molecule has 0 aliphatic heterocycles. The van der Waals surface area contributed by atoms with Crippen molar-refractivity contribution in [2.45, 2.75) is 31.5 Å². The first-order chi connectivity index (χ1) is 21.5. The summed E-state index contributed by atoms with van der Waals surface area (Å²) in [7, 11) is 1.47. The maximum Gasteiger partial charge on any atom is 0.491 e. The molecule has 0 heterocycles. The minimum atomic E-state index is -5.37. The molecule has 0 aliphatic rings. The Kier molecular flexibility index (Phi) is 12.5. The van der Waals surface area contributed by atoms with Crippen LogP contribution in [0, 0.1) is 0 Å². The van der Waals surface area contributed by atoms with Gasteiger partial charge < -0.3 is 30.7 Å². The van der Waals surface area contributed by atoms with Crippen molar-refractivity contribution in [3.63, 3.8) is 0 Å². The van der Waals surface area contributed by atoms with Gasteiger partial charge in [0.1, 0.15) is 5.75 Å². The van der Waals surface area contributed by atoms with Crippen molar-refractivity contribution in [2.75, 3.05) is 25.5 Å². The van der Waals surface area contributed by atoms with E-state index in [9.17, 15) is 37.1 Å². The highest BCUT2D eigenvalue weighted by Crippen LogP contribution is 2.25. The predicted molar refractivity (Wildman–Crippen MR) is 157 cm³/mol. The van der Waals surface area contributed by atoms with Gasteiger partial charge in [0.15, 0.2) is 0 Å². The van der Waals surface area contributed by atoms with Crippen LogP contribution in [-0.4, -0.2) is 56.2 Å². The average Bonchev–Trinajstić information content (AvgIpc) is 3.02. The quantitative estimate of drug-likeness (QED) is 0.125. The fourth-order valence-electron chi connectivity index (χ4n) is 4.04. The third-order valence-electron chi connectivity index (χ3n) is 6.23. The van der Waals surface area contributed by atoms with Crippen LogP contribution in [0.15, 0.2) is 78.9 Å². The molecular weight excluding hydrogens is 597 g/mol. The number of urea groups is 1. The molecule has 0 saturated heterocycles. The van der Waals surface area contributed by atoms with Crippen LogP contribution in [0.4, 0.5) is 23.7 Å². The topological polar surface area (TPSA) is 152 Å². The van der Waals surface area contributed by atoms with Gasteiger partial charge in [-0.05, 0) is 35.2 Å². The SMILES string of the molecule is COc1ccccc1NC(=O)NCCCC(=O)NCC(=O)NC(CC(=O)OC(=O)C(F)(F)F)c1ccc(-c2ccccc2)cc1. The fraction of sp³-hybridized carbons (Fsp3) is 0.258. The average molecular weight is 629 g/mol. The molecule has 1 unspecified atom stereocenters. The zero-order valence-electron chi connectivity index (χ0n) is 24.1. The lowest BCUT2D eigenvalue weighted by Gasteiger charge is -2.19. The molecule has 0 aromatic heterocycles. The van der Waals surface area contributed by atoms with E-state index in [4.69, 9.17) is 4.74 Å². The lowest BCUT2D eigenvalue weighted by Crippen LogP contribution is -2.40. The summed E-state index contributed by atoms with van der Waals surface area (Å²) < 4.78 is 46.7. The lowest BCUT2D eigenvalue weighted by atomic mass is 9.99. The van der Waals surface area contributed by atoms with Gasteiger partial charge in [0, 0.05) is 13.0 Å². The molecule has 0 saturated carbocycles. The van der Waals surface area contributed by atoms with Gasteiger partial charge >= 0.3 is 24.1 Å². The summed E-state index contributed by atoms with van der Waals surface area (Å²) in [5, 5.41) is 10.1. The number of benzene rings is 3. The van der Waals surface area contributed by atoms with Gasteiger partial charge in [-0.25, -0.2) is 9.59 Å². The van der Waals surface area contributed by atoms with Crippen LogP contribution in [0.2, 0.25) is 0 Å². The number of ether oxygens (including phenoxy) is 2. The van der Waals surface area contributed by atoms with Gasteiger partial charge in [-0.1, -0.05) is 66.7 Å². The number of methoxy groups -OCH3 is 1. The number of halogens is 3. The number of hydrogen-bond acceptors (Lipinski definition) is 7. The summed E-state index contributed by atoms with van der Waals surface area (Å²) in [5.41, 5.74) is 2.50. The van der Waals surface area contributed by atoms with Gasteiger partial charge in [-0.3, -0.25) is 14.4 Å². The number of carbonyl (C=O) groups is 5. The van der Waals surface area contributed by atoms with E-state index >= 15 is 0 Å². The smallest absolute Gasteiger partial charge is 0.491 e. The van der Waals surface area contributed by atoms with E-state index in [-0.39, 0.29) is 19.4 Å². The van der Waals surface area contributed by atoms with Crippen LogP contribution in [0.5, 0.6) is 5.75 Å². The first kappa shape index (κ1) is 34.1. The highest BCUT2D eigenvalue weighted by Gasteiger charge is 2.42. The van der Waals surface area contributed by atoms with E-state index in [1.165, 1.54) is 7.11 Å². The summed E-state index contributed by atoms with van der Waals surface area (Å²) >= 11 is 0. The number of para-hydroxylation sites is 2. The predicted octanol–water partition coefficient (Wildman–Crippen LogP) is 4.26. The van der Waals surface area contributed by atoms with Crippen LogP contribution in [0.25, 0.3) is 11.1 Å². The Morgan fingerprint density at radius 2 is 1.44 bits per heavy atom. The van der Waals surface area contributed by atoms with Crippen LogP contribution < -0.4 is 26.0 Å². The Labute approximate surface area is 256 Å². The highest BCUT2D eigenvalue weighted by atomic mass is 19.4. The third-order valence-corrected chi connectivity index (χ3v) is 6.23. The molecular formula is C31H31F3N4O7. The zero-order valence-corrected chi connectivity index (χ0v) is 24.1. The van der Waals surface area contributed by atoms with Crippen molar-refractivity contribution < 1.29 is 46.6 Å². The second kappa shape index (κ2) is 16.4. The standard InChI is InChI=1S/C31H31F3N4O7/c1-44-25-11-6-5-10-23(25)38-30(43)35-17-7-12-26(39)36-19-27(40)37-24(18-28(41)45-29(42)31(32,33)34)22-15-13-21(14-16-22)20-8-3-2-4-9-20/h2-6,8-11,13-16,24H,7,12,17-19H2,1H3,(H,36,39)(H,37,40)(H2,35,38,43). The van der Waals surface area contributed by atoms with Crippen molar-refractivity contribution in [2.24, 2.45) is 0 Å². The van der Waals surface area contributed by atoms with E-state index in [1.807, 2.05) is 30.3 Å². The van der Waals surface area contributed by atoms with E-state index in [2.05, 4.69) is 26.0 Å². The minimum Gasteiger partial charge on any atom is -0.495 e. The molecule has 238 valence electrons. The Morgan fingerprint density at radius 1 is 0.800 bits per heavy atom. The normalized spacial score (nSPS) is 11.5. The molecule has 3 aromatic carbocycles. The number of nitrogens with one attached hydrogen (secondary N) is 4. The first-order valence-corrected chi connectivity index (χ1v) is 13.7. The Hall–Kier alpha value is -5.40. The van der Waals surface area contributed by atoms with Gasteiger partial charge in [-0.15, -0.1) is 0 Å². The van der Waals surface area contributed by atoms with Gasteiger partial charge in [0.25, 0.3) is 0 Å². The molecule has 14 heteroatoms. The highest BCUT2D eigenvalue weighted by molar-refractivity contribution is 5.91. The largest absolute Gasteiger partial charge is 0.495 e. The molecule has 0 aliphatic carbocycles. The molecule has 4 N–H and O–H groups in total. The molecule has 0 bridgehead atoms. The van der Waals surface area contributed by atoms with Crippen molar-refractivity contribution >= 4 is 35.5 Å². The van der Waals surface area contributed by atoms with Crippen molar-refractivity contribution in [1.29, 1.82) is 0 Å². The molecule has 11 nitrogen and oxygen atoms in total. The monoisotopic (exact) mass is 628 g/mol. The molecule has 3 rings (SSSR count). The molecule has 1 atom stereocenters. The summed E-state index contributed by atoms with van der Waals surface area (Å²) in [6.45, 7) is -0.351. The Morgan fingerprint density at radius 3 is 2.11 bits per heavy atom. The van der Waals surface area contributed by atoms with E-state index in [1.54, 1.807) is 48.5 Å². The number of esters is 2. The van der Waals surface area contributed by atoms with Crippen LogP contribution in [-0.2, 0) is 23.9 Å². The van der Waals surface area contributed by atoms with E-state index in [0.717, 1.165) is 11.1 Å². The molecule has 3 aromatic rings. The van der Waals surface area contributed by atoms with Crippen molar-refractivity contribution in [1.82, 2.24) is 16.0 Å². The number of amides is 4. The van der Waals surface area contributed by atoms with Crippen molar-refractivity contribution in [3.8, 4) is 16.9 Å². The van der Waals surface area contributed by atoms with Crippen molar-refractivity contribution in [3.05, 3.63) is 84.4 Å². The molecule has 0 radical (unpaired) electrons. The number of alkyl halides is 3. The number of carbonyl (C=O) groups excluding carboxylic acids is 5. The summed E-state index contributed by atoms with van der Waals surface area (Å²) in [5.74, 6) is -4.94. The second-order valence-electron chi connectivity index (χ2n) is 9.53. The third kappa shape index (κ3) is 11.3. The Bertz CT molecular complexity index is 1480. The lowest BCUT2D eigenvalue weighted by molar-refractivity contribution is -0.202. The molecule has 0 fully saturated rings. The van der Waals surface area contributed by atoms with Crippen LogP contribution >= 0.6 is 0 Å². The molecule has 45 heavy (non-hydrogen) atoms. The summed E-state index contributed by atoms with van der Waals surface area (Å²) in [6.07, 6.45) is -5.93. The van der Waals surface area contributed by atoms with Gasteiger partial charge in [0.05, 0.1) is 31.8 Å². The number of rotatable bonds is 13.